The number of methoxy groups -OCH3 is 1. The molecule has 0 bridgehead atoms. The Morgan fingerprint density at radius 3 is 1.89 bits per heavy atom. The van der Waals surface area contributed by atoms with Crippen LogP contribution in [-0.2, 0) is 9.53 Å². The van der Waals surface area contributed by atoms with E-state index in [0.29, 0.717) is 5.57 Å². The van der Waals surface area contributed by atoms with Crippen LogP contribution in [0.25, 0.3) is 5.57 Å². The molecule has 4 nitrogen and oxygen atoms in total. The lowest BCUT2D eigenvalue weighted by Gasteiger charge is -2.27. The lowest BCUT2D eigenvalue weighted by molar-refractivity contribution is -0.133. The summed E-state index contributed by atoms with van der Waals surface area (Å²) in [6.07, 6.45) is 0. The van der Waals surface area contributed by atoms with Gasteiger partial charge in [0.2, 0.25) is 0 Å². The molecule has 0 aliphatic carbocycles. The van der Waals surface area contributed by atoms with Gasteiger partial charge in [0.05, 0.1) is 7.11 Å². The van der Waals surface area contributed by atoms with Gasteiger partial charge in [-0.05, 0) is 5.56 Å². The molecule has 98 valence electrons. The molecule has 0 heterocycles. The molecule has 0 saturated heterocycles. The van der Waals surface area contributed by atoms with Crippen molar-refractivity contribution in [3.63, 3.8) is 0 Å². The highest BCUT2D eigenvalue weighted by atomic mass is 16.5. The monoisotopic (exact) mass is 248 g/mol. The molecule has 1 aromatic carbocycles. The fourth-order valence-electron chi connectivity index (χ4n) is 1.89. The van der Waals surface area contributed by atoms with E-state index in [9.17, 15) is 4.79 Å². The Morgan fingerprint density at radius 2 is 1.50 bits per heavy atom. The molecule has 4 heteroatoms. The molecule has 0 aromatic heterocycles. The summed E-state index contributed by atoms with van der Waals surface area (Å²) in [7, 11) is 9.01. The van der Waals surface area contributed by atoms with Crippen molar-refractivity contribution in [2.24, 2.45) is 0 Å². The second kappa shape index (κ2) is 6.10. The predicted octanol–water partition coefficient (Wildman–Crippen LogP) is 1.65. The van der Waals surface area contributed by atoms with Gasteiger partial charge >= 0.3 is 5.97 Å². The predicted molar refractivity (Wildman–Crippen MR) is 72.8 cm³/mol. The van der Waals surface area contributed by atoms with Gasteiger partial charge in [-0.25, -0.2) is 4.79 Å². The Balaban J connectivity index is 3.45. The number of esters is 1. The standard InChI is InChI=1S/C14H20N2O2/c1-15(2)13(16(3)4)12(14(17)18-5)11-9-7-6-8-10-11/h6-10H,1-5H3. The zero-order chi connectivity index (χ0) is 13.7. The van der Waals surface area contributed by atoms with Gasteiger partial charge in [-0.1, -0.05) is 30.3 Å². The fraction of sp³-hybridized carbons (Fsp3) is 0.357. The summed E-state index contributed by atoms with van der Waals surface area (Å²) < 4.78 is 4.90. The van der Waals surface area contributed by atoms with Crippen molar-refractivity contribution < 1.29 is 9.53 Å². The van der Waals surface area contributed by atoms with Gasteiger partial charge in [0, 0.05) is 28.2 Å². The molecule has 0 unspecified atom stereocenters. The maximum Gasteiger partial charge on any atom is 0.342 e. The highest BCUT2D eigenvalue weighted by Crippen LogP contribution is 2.22. The van der Waals surface area contributed by atoms with E-state index in [1.54, 1.807) is 0 Å². The molecular weight excluding hydrogens is 228 g/mol. The van der Waals surface area contributed by atoms with Crippen molar-refractivity contribution in [3.8, 4) is 0 Å². The molecule has 1 rings (SSSR count). The normalized spacial score (nSPS) is 9.61. The number of nitrogens with zero attached hydrogens (tertiary/aromatic N) is 2. The lowest BCUT2D eigenvalue weighted by atomic mass is 10.1. The number of hydrogen-bond donors (Lipinski definition) is 0. The van der Waals surface area contributed by atoms with Crippen LogP contribution in [0.4, 0.5) is 0 Å². The Kier molecular flexibility index (Phi) is 4.77. The van der Waals surface area contributed by atoms with Gasteiger partial charge in [-0.3, -0.25) is 0 Å². The summed E-state index contributed by atoms with van der Waals surface area (Å²) in [6, 6.07) is 9.53. The highest BCUT2D eigenvalue weighted by molar-refractivity contribution is 6.17. The van der Waals surface area contributed by atoms with Crippen molar-refractivity contribution >= 4 is 11.5 Å². The second-order valence-electron chi connectivity index (χ2n) is 4.35. The molecule has 0 atom stereocenters. The minimum atomic E-state index is -0.335. The maximum atomic E-state index is 12.0. The third kappa shape index (κ3) is 3.03. The van der Waals surface area contributed by atoms with Crippen LogP contribution in [0, 0.1) is 0 Å². The van der Waals surface area contributed by atoms with Crippen LogP contribution in [0.15, 0.2) is 36.2 Å². The smallest absolute Gasteiger partial charge is 0.342 e. The van der Waals surface area contributed by atoms with Gasteiger partial charge in [0.1, 0.15) is 11.4 Å². The lowest BCUT2D eigenvalue weighted by Crippen LogP contribution is -2.28. The molecule has 1 aromatic rings. The Morgan fingerprint density at radius 1 is 1.00 bits per heavy atom. The Hall–Kier alpha value is -1.97. The van der Waals surface area contributed by atoms with E-state index in [0.717, 1.165) is 11.4 Å². The molecule has 18 heavy (non-hydrogen) atoms. The zero-order valence-corrected chi connectivity index (χ0v) is 11.6. The van der Waals surface area contributed by atoms with E-state index in [2.05, 4.69) is 0 Å². The largest absolute Gasteiger partial charge is 0.465 e. The van der Waals surface area contributed by atoms with Crippen LogP contribution in [-0.4, -0.2) is 51.1 Å². The minimum absolute atomic E-state index is 0.335. The van der Waals surface area contributed by atoms with E-state index in [-0.39, 0.29) is 5.97 Å². The van der Waals surface area contributed by atoms with Crippen molar-refractivity contribution in [2.75, 3.05) is 35.3 Å². The number of carbonyl (C=O) groups excluding carboxylic acids is 1. The van der Waals surface area contributed by atoms with E-state index >= 15 is 0 Å². The van der Waals surface area contributed by atoms with Crippen LogP contribution in [0.2, 0.25) is 0 Å². The minimum Gasteiger partial charge on any atom is -0.465 e. The summed E-state index contributed by atoms with van der Waals surface area (Å²) in [5.74, 6) is 0.478. The van der Waals surface area contributed by atoms with E-state index in [1.807, 2.05) is 68.3 Å². The zero-order valence-electron chi connectivity index (χ0n) is 11.6. The van der Waals surface area contributed by atoms with Crippen molar-refractivity contribution in [1.29, 1.82) is 0 Å². The quantitative estimate of drug-likeness (QED) is 0.599. The van der Waals surface area contributed by atoms with Crippen molar-refractivity contribution in [3.05, 3.63) is 41.7 Å². The average molecular weight is 248 g/mol. The summed E-state index contributed by atoms with van der Waals surface area (Å²) >= 11 is 0. The Bertz CT molecular complexity index is 426. The molecule has 0 radical (unpaired) electrons. The van der Waals surface area contributed by atoms with Gasteiger partial charge in [-0.2, -0.15) is 0 Å². The van der Waals surface area contributed by atoms with E-state index < -0.39 is 0 Å². The van der Waals surface area contributed by atoms with Crippen LogP contribution in [0.3, 0.4) is 0 Å². The summed E-state index contributed by atoms with van der Waals surface area (Å²) in [5, 5.41) is 0. The van der Waals surface area contributed by atoms with Gasteiger partial charge in [-0.15, -0.1) is 0 Å². The number of ether oxygens (including phenoxy) is 1. The maximum absolute atomic E-state index is 12.0. The molecular formula is C14H20N2O2. The number of rotatable bonds is 4. The fourth-order valence-corrected chi connectivity index (χ4v) is 1.89. The number of carbonyl (C=O) groups is 1. The first-order valence-corrected chi connectivity index (χ1v) is 5.71. The second-order valence-corrected chi connectivity index (χ2v) is 4.35. The number of hydrogen-bond acceptors (Lipinski definition) is 4. The first kappa shape index (κ1) is 14.1. The first-order valence-electron chi connectivity index (χ1n) is 5.71. The average Bonchev–Trinajstić information content (AvgIpc) is 2.34. The van der Waals surface area contributed by atoms with Gasteiger partial charge in [0.15, 0.2) is 0 Å². The Labute approximate surface area is 108 Å². The molecule has 0 aliphatic heterocycles. The van der Waals surface area contributed by atoms with Crippen molar-refractivity contribution in [2.45, 2.75) is 0 Å². The third-order valence-electron chi connectivity index (χ3n) is 2.52. The molecule has 0 saturated carbocycles. The third-order valence-corrected chi connectivity index (χ3v) is 2.52. The molecule has 0 fully saturated rings. The molecule has 0 aliphatic rings. The van der Waals surface area contributed by atoms with Gasteiger partial charge < -0.3 is 14.5 Å². The summed E-state index contributed by atoms with van der Waals surface area (Å²) in [6.45, 7) is 0. The van der Waals surface area contributed by atoms with Crippen LogP contribution >= 0.6 is 0 Å². The summed E-state index contributed by atoms with van der Waals surface area (Å²) in [5.41, 5.74) is 1.41. The molecule has 0 spiro atoms. The van der Waals surface area contributed by atoms with Crippen LogP contribution in [0.1, 0.15) is 5.56 Å². The number of benzene rings is 1. The SMILES string of the molecule is COC(=O)C(=C(N(C)C)N(C)C)c1ccccc1. The first-order chi connectivity index (χ1) is 8.49. The molecule has 0 N–H and O–H groups in total. The van der Waals surface area contributed by atoms with E-state index in [1.165, 1.54) is 7.11 Å². The van der Waals surface area contributed by atoms with E-state index in [4.69, 9.17) is 4.74 Å². The highest BCUT2D eigenvalue weighted by Gasteiger charge is 2.21. The molecule has 0 amide bonds. The van der Waals surface area contributed by atoms with Gasteiger partial charge in [0.25, 0.3) is 0 Å². The van der Waals surface area contributed by atoms with Crippen LogP contribution in [0.5, 0.6) is 0 Å². The van der Waals surface area contributed by atoms with Crippen molar-refractivity contribution in [1.82, 2.24) is 9.80 Å². The topological polar surface area (TPSA) is 32.8 Å². The van der Waals surface area contributed by atoms with Crippen LogP contribution < -0.4 is 0 Å². The summed E-state index contributed by atoms with van der Waals surface area (Å²) in [4.78, 5) is 15.8.